The van der Waals surface area contributed by atoms with E-state index in [1.165, 1.54) is 22.3 Å². The van der Waals surface area contributed by atoms with Crippen LogP contribution in [-0.4, -0.2) is 28.6 Å². The number of rotatable bonds is 5. The van der Waals surface area contributed by atoms with E-state index in [0.29, 0.717) is 0 Å². The Morgan fingerprint density at radius 3 is 2.32 bits per heavy atom. The van der Waals surface area contributed by atoms with Gasteiger partial charge in [0.2, 0.25) is 0 Å². The SMILES string of the molecule is Cc1ccc(CN(C)C(C)(C)CC(=O)O)c(C)c1C. The van der Waals surface area contributed by atoms with E-state index in [4.69, 9.17) is 5.11 Å². The number of carboxylic acids is 1. The second-order valence-corrected chi connectivity index (χ2v) is 6.03. The van der Waals surface area contributed by atoms with E-state index in [9.17, 15) is 4.79 Å². The molecule has 1 rings (SSSR count). The first-order chi connectivity index (χ1) is 8.65. The molecule has 0 saturated heterocycles. The predicted octanol–water partition coefficient (Wildman–Crippen LogP) is 3.30. The molecule has 19 heavy (non-hydrogen) atoms. The summed E-state index contributed by atoms with van der Waals surface area (Å²) in [6, 6.07) is 4.28. The van der Waals surface area contributed by atoms with Crippen LogP contribution in [0.2, 0.25) is 0 Å². The number of benzene rings is 1. The molecule has 0 amide bonds. The quantitative estimate of drug-likeness (QED) is 0.886. The van der Waals surface area contributed by atoms with E-state index >= 15 is 0 Å². The first-order valence-corrected chi connectivity index (χ1v) is 6.64. The van der Waals surface area contributed by atoms with E-state index in [1.807, 2.05) is 20.9 Å². The van der Waals surface area contributed by atoms with Gasteiger partial charge in [0.1, 0.15) is 0 Å². The molecule has 1 N–H and O–H groups in total. The third kappa shape index (κ3) is 3.80. The molecule has 0 spiro atoms. The van der Waals surface area contributed by atoms with Crippen molar-refractivity contribution in [2.45, 2.75) is 53.1 Å². The van der Waals surface area contributed by atoms with Crippen molar-refractivity contribution >= 4 is 5.97 Å². The lowest BCUT2D eigenvalue weighted by molar-refractivity contribution is -0.139. The smallest absolute Gasteiger partial charge is 0.305 e. The van der Waals surface area contributed by atoms with E-state index in [1.54, 1.807) is 0 Å². The maximum Gasteiger partial charge on any atom is 0.305 e. The van der Waals surface area contributed by atoms with Crippen LogP contribution < -0.4 is 0 Å². The largest absolute Gasteiger partial charge is 0.481 e. The fraction of sp³-hybridized carbons (Fsp3) is 0.562. The van der Waals surface area contributed by atoms with Crippen LogP contribution in [-0.2, 0) is 11.3 Å². The molecule has 3 heteroatoms. The molecular formula is C16H25NO2. The van der Waals surface area contributed by atoms with Crippen molar-refractivity contribution in [2.24, 2.45) is 0 Å². The molecule has 0 radical (unpaired) electrons. The second-order valence-electron chi connectivity index (χ2n) is 6.03. The van der Waals surface area contributed by atoms with Gasteiger partial charge in [-0.25, -0.2) is 0 Å². The Balaban J connectivity index is 2.91. The molecule has 0 bridgehead atoms. The van der Waals surface area contributed by atoms with Gasteiger partial charge in [-0.15, -0.1) is 0 Å². The lowest BCUT2D eigenvalue weighted by atomic mass is 9.95. The summed E-state index contributed by atoms with van der Waals surface area (Å²) in [6.07, 6.45) is 0.146. The van der Waals surface area contributed by atoms with Crippen molar-refractivity contribution in [1.82, 2.24) is 4.90 Å². The average Bonchev–Trinajstić information content (AvgIpc) is 2.28. The maximum absolute atomic E-state index is 10.9. The summed E-state index contributed by atoms with van der Waals surface area (Å²) in [5.41, 5.74) is 4.84. The molecule has 0 fully saturated rings. The zero-order valence-corrected chi connectivity index (χ0v) is 12.9. The molecule has 0 aliphatic heterocycles. The third-order valence-corrected chi connectivity index (χ3v) is 4.19. The minimum atomic E-state index is -0.756. The van der Waals surface area contributed by atoms with Gasteiger partial charge in [0.05, 0.1) is 6.42 Å². The van der Waals surface area contributed by atoms with Crippen LogP contribution >= 0.6 is 0 Å². The van der Waals surface area contributed by atoms with Crippen LogP contribution in [0.4, 0.5) is 0 Å². The van der Waals surface area contributed by atoms with Gasteiger partial charge >= 0.3 is 5.97 Å². The van der Waals surface area contributed by atoms with Gasteiger partial charge in [0.15, 0.2) is 0 Å². The maximum atomic E-state index is 10.9. The molecular weight excluding hydrogens is 238 g/mol. The van der Waals surface area contributed by atoms with Gasteiger partial charge in [-0.3, -0.25) is 9.69 Å². The summed E-state index contributed by atoms with van der Waals surface area (Å²) >= 11 is 0. The highest BCUT2D eigenvalue weighted by atomic mass is 16.4. The Kier molecular flexibility index (Phi) is 4.75. The van der Waals surface area contributed by atoms with Crippen LogP contribution in [0.25, 0.3) is 0 Å². The minimum Gasteiger partial charge on any atom is -0.481 e. The molecule has 0 saturated carbocycles. The van der Waals surface area contributed by atoms with Crippen molar-refractivity contribution < 1.29 is 9.90 Å². The highest BCUT2D eigenvalue weighted by Crippen LogP contribution is 2.23. The number of hydrogen-bond donors (Lipinski definition) is 1. The number of aliphatic carboxylic acids is 1. The molecule has 0 aliphatic carbocycles. The van der Waals surface area contributed by atoms with Crippen LogP contribution in [0, 0.1) is 20.8 Å². The first kappa shape index (κ1) is 15.7. The van der Waals surface area contributed by atoms with E-state index < -0.39 is 5.97 Å². The predicted molar refractivity (Wildman–Crippen MR) is 78.5 cm³/mol. The Bertz CT molecular complexity index is 478. The van der Waals surface area contributed by atoms with Gasteiger partial charge in [0.25, 0.3) is 0 Å². The first-order valence-electron chi connectivity index (χ1n) is 6.64. The Morgan fingerprint density at radius 1 is 1.21 bits per heavy atom. The Hall–Kier alpha value is -1.35. The summed E-state index contributed by atoms with van der Waals surface area (Å²) in [5, 5.41) is 8.97. The standard InChI is InChI=1S/C16H25NO2/c1-11-7-8-14(13(3)12(11)2)10-17(6)16(4,5)9-15(18)19/h7-8H,9-10H2,1-6H3,(H,18,19). The summed E-state index contributed by atoms with van der Waals surface area (Å²) in [4.78, 5) is 13.0. The second kappa shape index (κ2) is 5.74. The molecule has 0 heterocycles. The molecule has 0 aliphatic rings. The van der Waals surface area contributed by atoms with E-state index in [-0.39, 0.29) is 12.0 Å². The number of carbonyl (C=O) groups is 1. The topological polar surface area (TPSA) is 40.5 Å². The minimum absolute atomic E-state index is 0.146. The molecule has 0 unspecified atom stereocenters. The van der Waals surface area contributed by atoms with Gasteiger partial charge < -0.3 is 5.11 Å². The van der Waals surface area contributed by atoms with Crippen molar-refractivity contribution in [1.29, 1.82) is 0 Å². The van der Waals surface area contributed by atoms with Crippen LogP contribution in [0.15, 0.2) is 12.1 Å². The highest BCUT2D eigenvalue weighted by Gasteiger charge is 2.27. The van der Waals surface area contributed by atoms with Crippen LogP contribution in [0.3, 0.4) is 0 Å². The monoisotopic (exact) mass is 263 g/mol. The normalized spacial score (nSPS) is 11.9. The van der Waals surface area contributed by atoms with E-state index in [0.717, 1.165) is 6.54 Å². The van der Waals surface area contributed by atoms with Gasteiger partial charge in [-0.2, -0.15) is 0 Å². The average molecular weight is 263 g/mol. The Morgan fingerprint density at radius 2 is 1.79 bits per heavy atom. The summed E-state index contributed by atoms with van der Waals surface area (Å²) in [7, 11) is 1.98. The van der Waals surface area contributed by atoms with Gasteiger partial charge in [0, 0.05) is 12.1 Å². The number of aryl methyl sites for hydroxylation is 1. The highest BCUT2D eigenvalue weighted by molar-refractivity contribution is 5.68. The number of nitrogens with zero attached hydrogens (tertiary/aromatic N) is 1. The summed E-state index contributed by atoms with van der Waals surface area (Å²) < 4.78 is 0. The molecule has 0 aromatic heterocycles. The van der Waals surface area contributed by atoms with Crippen molar-refractivity contribution in [3.63, 3.8) is 0 Å². The molecule has 106 valence electrons. The summed E-state index contributed by atoms with van der Waals surface area (Å²) in [6.45, 7) is 11.1. The van der Waals surface area contributed by atoms with Crippen molar-refractivity contribution in [3.8, 4) is 0 Å². The van der Waals surface area contributed by atoms with Crippen molar-refractivity contribution in [3.05, 3.63) is 34.4 Å². The zero-order valence-electron chi connectivity index (χ0n) is 12.9. The molecule has 1 aromatic rings. The van der Waals surface area contributed by atoms with Crippen molar-refractivity contribution in [2.75, 3.05) is 7.05 Å². The lowest BCUT2D eigenvalue weighted by Crippen LogP contribution is -2.42. The molecule has 1 aromatic carbocycles. The van der Waals surface area contributed by atoms with Gasteiger partial charge in [-0.05, 0) is 63.9 Å². The fourth-order valence-corrected chi connectivity index (χ4v) is 2.16. The molecule has 3 nitrogen and oxygen atoms in total. The summed E-state index contributed by atoms with van der Waals surface area (Å²) in [5.74, 6) is -0.756. The van der Waals surface area contributed by atoms with Gasteiger partial charge in [-0.1, -0.05) is 12.1 Å². The fourth-order valence-electron chi connectivity index (χ4n) is 2.16. The number of carboxylic acid groups (broad SMARTS) is 1. The van der Waals surface area contributed by atoms with E-state index in [2.05, 4.69) is 37.8 Å². The lowest BCUT2D eigenvalue weighted by Gasteiger charge is -2.35. The van der Waals surface area contributed by atoms with Crippen LogP contribution in [0.1, 0.15) is 42.5 Å². The molecule has 0 atom stereocenters. The third-order valence-electron chi connectivity index (χ3n) is 4.19. The van der Waals surface area contributed by atoms with Crippen LogP contribution in [0.5, 0.6) is 0 Å². The zero-order chi connectivity index (χ0) is 14.8. The Labute approximate surface area is 116 Å². The number of hydrogen-bond acceptors (Lipinski definition) is 2.